The number of hydrogen-bond donors (Lipinski definition) is 1. The topological polar surface area (TPSA) is 101 Å². The highest BCUT2D eigenvalue weighted by Crippen LogP contribution is 2.24. The molecule has 1 N–H and O–H groups in total. The molecule has 1 saturated heterocycles. The molecule has 9 nitrogen and oxygen atoms in total. The van der Waals surface area contributed by atoms with Gasteiger partial charge in [0.2, 0.25) is 0 Å². The molecular formula is C23H26N6O3S. The fraction of sp³-hybridized carbons (Fsp3) is 0.348. The summed E-state index contributed by atoms with van der Waals surface area (Å²) in [5, 5.41) is 3.72. The zero-order valence-corrected chi connectivity index (χ0v) is 19.5. The van der Waals surface area contributed by atoms with Crippen molar-refractivity contribution >= 4 is 39.9 Å². The third-order valence-corrected chi connectivity index (χ3v) is 6.29. The highest BCUT2D eigenvalue weighted by molar-refractivity contribution is 7.17. The van der Waals surface area contributed by atoms with Gasteiger partial charge in [0.05, 0.1) is 13.3 Å². The number of rotatable bonds is 8. The van der Waals surface area contributed by atoms with Crippen LogP contribution in [0.15, 0.2) is 42.6 Å². The molecule has 1 aromatic carbocycles. The minimum absolute atomic E-state index is 0.178. The average Bonchev–Trinajstić information content (AvgIpc) is 3.31. The van der Waals surface area contributed by atoms with Crippen molar-refractivity contribution in [2.75, 3.05) is 50.1 Å². The minimum atomic E-state index is -0.413. The van der Waals surface area contributed by atoms with Gasteiger partial charge in [-0.15, -0.1) is 0 Å². The molecule has 172 valence electrons. The largest absolute Gasteiger partial charge is 0.465 e. The van der Waals surface area contributed by atoms with Gasteiger partial charge in [-0.05, 0) is 6.92 Å². The van der Waals surface area contributed by atoms with Crippen molar-refractivity contribution < 1.29 is 14.3 Å². The van der Waals surface area contributed by atoms with E-state index >= 15 is 0 Å². The number of aromatic nitrogens is 3. The molecule has 0 radical (unpaired) electrons. The predicted molar refractivity (Wildman–Crippen MR) is 128 cm³/mol. The highest BCUT2D eigenvalue weighted by Gasteiger charge is 2.20. The molecule has 0 atom stereocenters. The van der Waals surface area contributed by atoms with Crippen LogP contribution in [0.4, 0.5) is 16.8 Å². The van der Waals surface area contributed by atoms with Crippen LogP contribution in [0.25, 0.3) is 0 Å². The van der Waals surface area contributed by atoms with Crippen LogP contribution in [0.3, 0.4) is 0 Å². The zero-order chi connectivity index (χ0) is 23.2. The van der Waals surface area contributed by atoms with Crippen LogP contribution < -0.4 is 10.2 Å². The first-order chi connectivity index (χ1) is 16.0. The number of benzene rings is 1. The minimum Gasteiger partial charge on any atom is -0.465 e. The van der Waals surface area contributed by atoms with Crippen molar-refractivity contribution in [3.05, 3.63) is 58.9 Å². The van der Waals surface area contributed by atoms with Gasteiger partial charge in [0, 0.05) is 50.8 Å². The molecule has 4 rings (SSSR count). The van der Waals surface area contributed by atoms with Gasteiger partial charge >= 0.3 is 5.97 Å². The van der Waals surface area contributed by atoms with Crippen molar-refractivity contribution in [2.45, 2.75) is 13.3 Å². The number of ketones is 1. The van der Waals surface area contributed by atoms with Gasteiger partial charge in [-0.25, -0.2) is 19.7 Å². The lowest BCUT2D eigenvalue weighted by atomic mass is 10.1. The zero-order valence-electron chi connectivity index (χ0n) is 18.7. The molecule has 1 aliphatic heterocycles. The smallest absolute Gasteiger partial charge is 0.349 e. The maximum atomic E-state index is 12.4. The number of ether oxygens (including phenoxy) is 1. The van der Waals surface area contributed by atoms with Gasteiger partial charge in [0.1, 0.15) is 22.3 Å². The Morgan fingerprint density at radius 3 is 2.61 bits per heavy atom. The summed E-state index contributed by atoms with van der Waals surface area (Å²) in [6, 6.07) is 11.3. The van der Waals surface area contributed by atoms with E-state index in [1.54, 1.807) is 0 Å². The van der Waals surface area contributed by atoms with Gasteiger partial charge in [0.15, 0.2) is 10.9 Å². The molecule has 10 heteroatoms. The second-order valence-electron chi connectivity index (χ2n) is 7.67. The third kappa shape index (κ3) is 5.91. The number of piperazine rings is 1. The predicted octanol–water partition coefficient (Wildman–Crippen LogP) is 3.17. The molecule has 0 aliphatic carbocycles. The number of anilines is 3. The monoisotopic (exact) mass is 466 g/mol. The van der Waals surface area contributed by atoms with Crippen LogP contribution in [0.1, 0.15) is 32.3 Å². The lowest BCUT2D eigenvalue weighted by molar-refractivity contribution is 0.0606. The van der Waals surface area contributed by atoms with Crippen LogP contribution in [0, 0.1) is 6.92 Å². The molecule has 0 saturated carbocycles. The van der Waals surface area contributed by atoms with Crippen molar-refractivity contribution in [3.63, 3.8) is 0 Å². The second kappa shape index (κ2) is 10.5. The molecule has 1 fully saturated rings. The maximum absolute atomic E-state index is 12.4. The number of thiazole rings is 1. The molecule has 2 aromatic heterocycles. The number of esters is 1. The summed E-state index contributed by atoms with van der Waals surface area (Å²) in [6.45, 7) is 5.97. The van der Waals surface area contributed by atoms with Gasteiger partial charge < -0.3 is 15.0 Å². The number of nitrogens with zero attached hydrogens (tertiary/aromatic N) is 5. The van der Waals surface area contributed by atoms with Crippen LogP contribution in [0.2, 0.25) is 0 Å². The van der Waals surface area contributed by atoms with E-state index in [9.17, 15) is 9.59 Å². The Kier molecular flexibility index (Phi) is 7.26. The Balaban J connectivity index is 1.32. The Labute approximate surface area is 196 Å². The summed E-state index contributed by atoms with van der Waals surface area (Å²) >= 11 is 1.21. The first-order valence-electron chi connectivity index (χ1n) is 10.7. The average molecular weight is 467 g/mol. The van der Waals surface area contributed by atoms with Crippen molar-refractivity contribution in [1.82, 2.24) is 19.9 Å². The highest BCUT2D eigenvalue weighted by atomic mass is 32.1. The summed E-state index contributed by atoms with van der Waals surface area (Å²) in [6.07, 6.45) is 2.00. The van der Waals surface area contributed by atoms with Crippen molar-refractivity contribution in [3.8, 4) is 0 Å². The molecule has 0 amide bonds. The molecule has 0 unspecified atom stereocenters. The van der Waals surface area contributed by atoms with E-state index in [1.807, 2.05) is 43.3 Å². The van der Waals surface area contributed by atoms with E-state index in [2.05, 4.69) is 30.1 Å². The fourth-order valence-electron chi connectivity index (χ4n) is 3.64. The van der Waals surface area contributed by atoms with Crippen molar-refractivity contribution in [1.29, 1.82) is 0 Å². The van der Waals surface area contributed by atoms with Crippen LogP contribution in [-0.2, 0) is 4.74 Å². The van der Waals surface area contributed by atoms with E-state index < -0.39 is 5.97 Å². The standard InChI is InChI=1S/C23H26N6O3S/c1-16-25-20(27-23-24-15-19(33-23)22(31)32-2)14-21(26-16)29-12-10-28(11-13-29)9-8-18(30)17-6-4-3-5-7-17/h3-7,14-15H,8-13H2,1-2H3,(H,24,25,26,27). The van der Waals surface area contributed by atoms with E-state index in [-0.39, 0.29) is 5.78 Å². The van der Waals surface area contributed by atoms with E-state index in [1.165, 1.54) is 24.6 Å². The van der Waals surface area contributed by atoms with Crippen molar-refractivity contribution in [2.24, 2.45) is 0 Å². The second-order valence-corrected chi connectivity index (χ2v) is 8.70. The van der Waals surface area contributed by atoms with Gasteiger partial charge in [0.25, 0.3) is 0 Å². The molecule has 0 bridgehead atoms. The fourth-order valence-corrected chi connectivity index (χ4v) is 4.38. The number of aryl methyl sites for hydroxylation is 1. The number of nitrogens with one attached hydrogen (secondary N) is 1. The number of methoxy groups -OCH3 is 1. The molecular weight excluding hydrogens is 440 g/mol. The molecule has 0 spiro atoms. The van der Waals surface area contributed by atoms with Gasteiger partial charge in [-0.2, -0.15) is 0 Å². The number of hydrogen-bond acceptors (Lipinski definition) is 10. The maximum Gasteiger partial charge on any atom is 0.349 e. The summed E-state index contributed by atoms with van der Waals surface area (Å²) in [4.78, 5) is 42.2. The third-order valence-electron chi connectivity index (χ3n) is 5.40. The normalized spacial score (nSPS) is 14.2. The van der Waals surface area contributed by atoms with Gasteiger partial charge in [-0.1, -0.05) is 41.7 Å². The van der Waals surface area contributed by atoms with E-state index in [4.69, 9.17) is 4.74 Å². The number of carbonyl (C=O) groups excluding carboxylic acids is 2. The summed E-state index contributed by atoms with van der Waals surface area (Å²) in [5.41, 5.74) is 0.770. The summed E-state index contributed by atoms with van der Waals surface area (Å²) in [5.74, 6) is 1.88. The SMILES string of the molecule is COC(=O)c1cnc(Nc2cc(N3CCN(CCC(=O)c4ccccc4)CC3)nc(C)n2)s1. The number of Topliss-reactive ketones (excluding diaryl/α,β-unsaturated/α-hetero) is 1. The Hall–Kier alpha value is -3.37. The quantitative estimate of drug-likeness (QED) is 0.396. The van der Waals surface area contributed by atoms with Crippen LogP contribution in [-0.4, -0.2) is 71.4 Å². The Bertz CT molecular complexity index is 1110. The Morgan fingerprint density at radius 1 is 1.12 bits per heavy atom. The lowest BCUT2D eigenvalue weighted by Gasteiger charge is -2.35. The van der Waals surface area contributed by atoms with E-state index in [0.29, 0.717) is 28.1 Å². The summed E-state index contributed by atoms with van der Waals surface area (Å²) < 4.78 is 4.73. The molecule has 3 heterocycles. The summed E-state index contributed by atoms with van der Waals surface area (Å²) in [7, 11) is 1.34. The molecule has 3 aromatic rings. The van der Waals surface area contributed by atoms with E-state index in [0.717, 1.165) is 44.1 Å². The van der Waals surface area contributed by atoms with Crippen LogP contribution >= 0.6 is 11.3 Å². The van der Waals surface area contributed by atoms with Gasteiger partial charge in [-0.3, -0.25) is 9.69 Å². The first-order valence-corrected chi connectivity index (χ1v) is 11.6. The molecule has 33 heavy (non-hydrogen) atoms. The lowest BCUT2D eigenvalue weighted by Crippen LogP contribution is -2.47. The number of carbonyl (C=O) groups is 2. The molecule has 1 aliphatic rings. The Morgan fingerprint density at radius 2 is 1.88 bits per heavy atom. The first kappa shape index (κ1) is 22.8. The van der Waals surface area contributed by atoms with Crippen LogP contribution in [0.5, 0.6) is 0 Å².